The van der Waals surface area contributed by atoms with Gasteiger partial charge in [0, 0.05) is 18.7 Å². The van der Waals surface area contributed by atoms with Gasteiger partial charge in [0.25, 0.3) is 5.91 Å². The van der Waals surface area contributed by atoms with Crippen LogP contribution in [0.25, 0.3) is 0 Å². The Bertz CT molecular complexity index is 1050. The molecule has 6 nitrogen and oxygen atoms in total. The van der Waals surface area contributed by atoms with E-state index in [9.17, 15) is 26.4 Å². The van der Waals surface area contributed by atoms with E-state index in [1.807, 2.05) is 0 Å². The van der Waals surface area contributed by atoms with Crippen LogP contribution < -0.4 is 10.1 Å². The molecule has 2 aromatic rings. The second kappa shape index (κ2) is 9.05. The molecule has 0 atom stereocenters. The Morgan fingerprint density at radius 1 is 1.00 bits per heavy atom. The van der Waals surface area contributed by atoms with E-state index in [0.29, 0.717) is 19.2 Å². The van der Waals surface area contributed by atoms with Crippen LogP contribution in [0.1, 0.15) is 36.0 Å². The van der Waals surface area contributed by atoms with E-state index in [1.54, 1.807) is 0 Å². The maximum Gasteiger partial charge on any atom is 0.255 e. The third-order valence-electron chi connectivity index (χ3n) is 4.89. The number of carbonyl (C=O) groups excluding carboxylic acids is 1. The molecule has 2 aromatic carbocycles. The van der Waals surface area contributed by atoms with Gasteiger partial charge < -0.3 is 10.1 Å². The molecule has 0 aliphatic carbocycles. The number of hydrogen-bond acceptors (Lipinski definition) is 4. The van der Waals surface area contributed by atoms with Gasteiger partial charge in [0.05, 0.1) is 12.8 Å². The zero-order valence-electron chi connectivity index (χ0n) is 16.3. The number of amides is 1. The maximum atomic E-state index is 13.9. The van der Waals surface area contributed by atoms with Crippen molar-refractivity contribution in [2.75, 3.05) is 25.5 Å². The van der Waals surface area contributed by atoms with Crippen LogP contribution in [0, 0.1) is 17.5 Å². The smallest absolute Gasteiger partial charge is 0.255 e. The number of nitrogens with zero attached hydrogens (tertiary/aromatic N) is 1. The van der Waals surface area contributed by atoms with Crippen molar-refractivity contribution in [3.63, 3.8) is 0 Å². The average Bonchev–Trinajstić information content (AvgIpc) is 3.04. The highest BCUT2D eigenvalue weighted by Crippen LogP contribution is 2.30. The lowest BCUT2D eigenvalue weighted by Gasteiger charge is -2.21. The molecule has 0 aromatic heterocycles. The summed E-state index contributed by atoms with van der Waals surface area (Å²) in [6.07, 6.45) is 3.34. The predicted molar refractivity (Wildman–Crippen MR) is 104 cm³/mol. The van der Waals surface area contributed by atoms with Gasteiger partial charge in [0.1, 0.15) is 10.6 Å². The lowest BCUT2D eigenvalue weighted by molar-refractivity contribution is 0.102. The molecule has 1 saturated heterocycles. The Morgan fingerprint density at radius 3 is 2.30 bits per heavy atom. The number of halogens is 3. The SMILES string of the molecule is COc1ccc(C(=O)Nc2ccc(F)c(F)c2F)cc1S(=O)(=O)N1CCCCCC1. The van der Waals surface area contributed by atoms with Crippen LogP contribution in [0.5, 0.6) is 5.75 Å². The second-order valence-electron chi connectivity index (χ2n) is 6.86. The van der Waals surface area contributed by atoms with Crippen molar-refractivity contribution >= 4 is 21.6 Å². The molecule has 0 spiro atoms. The number of rotatable bonds is 5. The third kappa shape index (κ3) is 4.44. The molecule has 3 rings (SSSR count). The normalized spacial score (nSPS) is 15.5. The molecule has 1 heterocycles. The Labute approximate surface area is 172 Å². The van der Waals surface area contributed by atoms with Gasteiger partial charge >= 0.3 is 0 Å². The third-order valence-corrected chi connectivity index (χ3v) is 6.81. The van der Waals surface area contributed by atoms with Gasteiger partial charge in [-0.05, 0) is 43.2 Å². The highest BCUT2D eigenvalue weighted by molar-refractivity contribution is 7.89. The highest BCUT2D eigenvalue weighted by Gasteiger charge is 2.29. The van der Waals surface area contributed by atoms with Crippen molar-refractivity contribution in [3.05, 3.63) is 53.3 Å². The quantitative estimate of drug-likeness (QED) is 0.712. The fraction of sp³-hybridized carbons (Fsp3) is 0.350. The number of methoxy groups -OCH3 is 1. The summed E-state index contributed by atoms with van der Waals surface area (Å²) in [4.78, 5) is 12.3. The van der Waals surface area contributed by atoms with Gasteiger partial charge in [0.15, 0.2) is 17.5 Å². The molecular weight excluding hydrogens is 421 g/mol. The lowest BCUT2D eigenvalue weighted by atomic mass is 10.2. The first-order valence-electron chi connectivity index (χ1n) is 9.38. The second-order valence-corrected chi connectivity index (χ2v) is 8.77. The van der Waals surface area contributed by atoms with Crippen LogP contribution in [0.3, 0.4) is 0 Å². The number of anilines is 1. The van der Waals surface area contributed by atoms with Crippen LogP contribution in [-0.2, 0) is 10.0 Å². The maximum absolute atomic E-state index is 13.9. The number of carbonyl (C=O) groups is 1. The summed E-state index contributed by atoms with van der Waals surface area (Å²) in [7, 11) is -2.62. The molecule has 1 aliphatic rings. The van der Waals surface area contributed by atoms with E-state index in [-0.39, 0.29) is 16.2 Å². The first kappa shape index (κ1) is 22.1. The van der Waals surface area contributed by atoms with Gasteiger partial charge in [-0.15, -0.1) is 0 Å². The van der Waals surface area contributed by atoms with Gasteiger partial charge in [0.2, 0.25) is 10.0 Å². The lowest BCUT2D eigenvalue weighted by Crippen LogP contribution is -2.32. The van der Waals surface area contributed by atoms with E-state index >= 15 is 0 Å². The standard InChI is InChI=1S/C20H21F3N2O4S/c1-29-16-9-6-13(20(26)24-15-8-7-14(21)18(22)19(15)23)12-17(16)30(27,28)25-10-4-2-3-5-11-25/h6-9,12H,2-5,10-11H2,1H3,(H,24,26). The van der Waals surface area contributed by atoms with Gasteiger partial charge in [-0.2, -0.15) is 4.31 Å². The molecule has 0 radical (unpaired) electrons. The monoisotopic (exact) mass is 442 g/mol. The summed E-state index contributed by atoms with van der Waals surface area (Å²) in [5, 5.41) is 2.13. The zero-order chi connectivity index (χ0) is 21.9. The summed E-state index contributed by atoms with van der Waals surface area (Å²) in [6, 6.07) is 5.31. The van der Waals surface area contributed by atoms with E-state index in [2.05, 4.69) is 5.32 Å². The number of sulfonamides is 1. The molecule has 1 N–H and O–H groups in total. The van der Waals surface area contributed by atoms with Gasteiger partial charge in [-0.25, -0.2) is 21.6 Å². The Morgan fingerprint density at radius 2 is 1.67 bits per heavy atom. The molecule has 1 aliphatic heterocycles. The molecule has 1 amide bonds. The topological polar surface area (TPSA) is 75.7 Å². The fourth-order valence-corrected chi connectivity index (χ4v) is 4.96. The van der Waals surface area contributed by atoms with Crippen molar-refractivity contribution < 1.29 is 31.1 Å². The number of hydrogen-bond donors (Lipinski definition) is 1. The minimum Gasteiger partial charge on any atom is -0.495 e. The summed E-state index contributed by atoms with van der Waals surface area (Å²) in [5.41, 5.74) is -0.667. The van der Waals surface area contributed by atoms with E-state index in [1.165, 1.54) is 23.5 Å². The summed E-state index contributed by atoms with van der Waals surface area (Å²) >= 11 is 0. The van der Waals surface area contributed by atoms with Crippen molar-refractivity contribution in [2.24, 2.45) is 0 Å². The van der Waals surface area contributed by atoms with Crippen molar-refractivity contribution in [3.8, 4) is 5.75 Å². The van der Waals surface area contributed by atoms with E-state index in [4.69, 9.17) is 4.74 Å². The van der Waals surface area contributed by atoms with Crippen molar-refractivity contribution in [1.29, 1.82) is 0 Å². The summed E-state index contributed by atoms with van der Waals surface area (Å²) in [5.74, 6) is -5.47. The van der Waals surface area contributed by atoms with Crippen LogP contribution >= 0.6 is 0 Å². The molecule has 0 saturated carbocycles. The summed E-state index contributed by atoms with van der Waals surface area (Å²) in [6.45, 7) is 0.726. The Kier molecular flexibility index (Phi) is 6.67. The highest BCUT2D eigenvalue weighted by atomic mass is 32.2. The number of benzene rings is 2. The molecule has 0 unspecified atom stereocenters. The first-order valence-corrected chi connectivity index (χ1v) is 10.8. The van der Waals surface area contributed by atoms with Crippen LogP contribution in [0.4, 0.5) is 18.9 Å². The molecule has 10 heteroatoms. The Hall–Kier alpha value is -2.59. The molecule has 0 bridgehead atoms. The van der Waals surface area contributed by atoms with Crippen LogP contribution in [0.15, 0.2) is 35.2 Å². The fourth-order valence-electron chi connectivity index (χ4n) is 3.26. The van der Waals surface area contributed by atoms with Gasteiger partial charge in [-0.3, -0.25) is 4.79 Å². The molecule has 1 fully saturated rings. The largest absolute Gasteiger partial charge is 0.495 e. The van der Waals surface area contributed by atoms with Crippen LogP contribution in [0.2, 0.25) is 0 Å². The minimum atomic E-state index is -3.93. The molecular formula is C20H21F3N2O4S. The average molecular weight is 442 g/mol. The van der Waals surface area contributed by atoms with Crippen molar-refractivity contribution in [2.45, 2.75) is 30.6 Å². The van der Waals surface area contributed by atoms with Crippen LogP contribution in [-0.4, -0.2) is 38.8 Å². The zero-order valence-corrected chi connectivity index (χ0v) is 17.1. The number of ether oxygens (including phenoxy) is 1. The minimum absolute atomic E-state index is 0.0646. The predicted octanol–water partition coefficient (Wildman–Crippen LogP) is 3.93. The molecule has 162 valence electrons. The summed E-state index contributed by atoms with van der Waals surface area (Å²) < 4.78 is 73.2. The van der Waals surface area contributed by atoms with Gasteiger partial charge in [-0.1, -0.05) is 12.8 Å². The number of nitrogens with one attached hydrogen (secondary N) is 1. The first-order chi connectivity index (χ1) is 14.3. The van der Waals surface area contributed by atoms with E-state index in [0.717, 1.165) is 37.8 Å². The van der Waals surface area contributed by atoms with E-state index < -0.39 is 39.1 Å². The Balaban J connectivity index is 1.94. The van der Waals surface area contributed by atoms with Crippen molar-refractivity contribution in [1.82, 2.24) is 4.31 Å². The molecule has 30 heavy (non-hydrogen) atoms.